The molecular formula is C27H30N2O3. The Morgan fingerprint density at radius 1 is 1.06 bits per heavy atom. The molecule has 0 unspecified atom stereocenters. The second-order valence-electron chi connectivity index (χ2n) is 8.72. The van der Waals surface area contributed by atoms with E-state index in [1.807, 2.05) is 23.2 Å². The quantitative estimate of drug-likeness (QED) is 0.571. The summed E-state index contributed by atoms with van der Waals surface area (Å²) in [6.45, 7) is 4.34. The zero-order valence-electron chi connectivity index (χ0n) is 18.6. The summed E-state index contributed by atoms with van der Waals surface area (Å²) >= 11 is 0. The van der Waals surface area contributed by atoms with Crippen LogP contribution >= 0.6 is 0 Å². The van der Waals surface area contributed by atoms with E-state index in [1.165, 1.54) is 21.9 Å². The van der Waals surface area contributed by atoms with Crippen LogP contribution in [0.25, 0.3) is 21.9 Å². The van der Waals surface area contributed by atoms with Gasteiger partial charge in [0.05, 0.1) is 0 Å². The summed E-state index contributed by atoms with van der Waals surface area (Å²) < 4.78 is 11.8. The van der Waals surface area contributed by atoms with Gasteiger partial charge in [0, 0.05) is 49.8 Å². The summed E-state index contributed by atoms with van der Waals surface area (Å²) in [6.07, 6.45) is 6.32. The maximum Gasteiger partial charge on any atom is 0.251 e. The van der Waals surface area contributed by atoms with Crippen LogP contribution in [0.2, 0.25) is 0 Å². The molecule has 0 saturated carbocycles. The van der Waals surface area contributed by atoms with Crippen molar-refractivity contribution in [3.8, 4) is 16.9 Å². The molecule has 5 heteroatoms. The predicted octanol–water partition coefficient (Wildman–Crippen LogP) is 5.01. The van der Waals surface area contributed by atoms with E-state index >= 15 is 0 Å². The molecule has 3 aromatic rings. The van der Waals surface area contributed by atoms with Gasteiger partial charge >= 0.3 is 0 Å². The molecule has 2 aromatic carbocycles. The number of aryl methyl sites for hydroxylation is 1. The average molecular weight is 431 g/mol. The summed E-state index contributed by atoms with van der Waals surface area (Å²) in [5, 5.41) is 2.45. The number of likely N-dealkylation sites (tertiary alicyclic amines) is 1. The van der Waals surface area contributed by atoms with Gasteiger partial charge in [-0.1, -0.05) is 31.2 Å². The van der Waals surface area contributed by atoms with Gasteiger partial charge in [0.1, 0.15) is 18.0 Å². The number of benzene rings is 2. The number of carbonyl (C=O) groups is 1. The van der Waals surface area contributed by atoms with Gasteiger partial charge < -0.3 is 14.4 Å². The maximum absolute atomic E-state index is 12.5. The van der Waals surface area contributed by atoms with E-state index in [1.54, 1.807) is 0 Å². The van der Waals surface area contributed by atoms with Crippen molar-refractivity contribution < 1.29 is 14.3 Å². The lowest BCUT2D eigenvalue weighted by molar-refractivity contribution is -0.142. The lowest BCUT2D eigenvalue weighted by atomic mass is 10.0. The third-order valence-corrected chi connectivity index (χ3v) is 6.63. The lowest BCUT2D eigenvalue weighted by Crippen LogP contribution is -2.45. The maximum atomic E-state index is 12.5. The summed E-state index contributed by atoms with van der Waals surface area (Å²) in [5.41, 5.74) is 3.51. The lowest BCUT2D eigenvalue weighted by Gasteiger charge is -2.33. The predicted molar refractivity (Wildman–Crippen MR) is 126 cm³/mol. The normalized spacial score (nSPS) is 19.4. The highest BCUT2D eigenvalue weighted by Crippen LogP contribution is 2.28. The van der Waals surface area contributed by atoms with Crippen molar-refractivity contribution in [2.45, 2.75) is 51.2 Å². The number of fused-ring (bicyclic) bond motifs is 1. The van der Waals surface area contributed by atoms with Gasteiger partial charge in [0.15, 0.2) is 0 Å². The highest BCUT2D eigenvalue weighted by atomic mass is 16.5. The van der Waals surface area contributed by atoms with Gasteiger partial charge in [0.2, 0.25) is 0 Å². The highest BCUT2D eigenvalue weighted by molar-refractivity contribution is 5.88. The molecule has 2 saturated heterocycles. The molecular weight excluding hydrogens is 400 g/mol. The Hall–Kier alpha value is -2.92. The summed E-state index contributed by atoms with van der Waals surface area (Å²) in [6, 6.07) is 17.0. The van der Waals surface area contributed by atoms with Crippen LogP contribution in [0.1, 0.15) is 38.3 Å². The molecule has 32 heavy (non-hydrogen) atoms. The van der Waals surface area contributed by atoms with Gasteiger partial charge in [-0.05, 0) is 60.0 Å². The average Bonchev–Trinajstić information content (AvgIpc) is 3.39. The SMILES string of the molecule is CCc1nccc2cc(-c3ccc(OC4CCN(C(=O)[C@H]5CCCO5)CC4)cc3)ccc12. The van der Waals surface area contributed by atoms with Gasteiger partial charge in [-0.2, -0.15) is 0 Å². The van der Waals surface area contributed by atoms with Gasteiger partial charge in [0.25, 0.3) is 5.91 Å². The topological polar surface area (TPSA) is 51.7 Å². The number of amides is 1. The molecule has 0 spiro atoms. The van der Waals surface area contributed by atoms with Gasteiger partial charge in [-0.25, -0.2) is 0 Å². The number of pyridine rings is 1. The van der Waals surface area contributed by atoms with Crippen molar-refractivity contribution in [3.05, 3.63) is 60.4 Å². The molecule has 166 valence electrons. The van der Waals surface area contributed by atoms with E-state index < -0.39 is 0 Å². The Morgan fingerprint density at radius 3 is 2.56 bits per heavy atom. The summed E-state index contributed by atoms with van der Waals surface area (Å²) in [4.78, 5) is 18.9. The van der Waals surface area contributed by atoms with Crippen LogP contribution in [0.5, 0.6) is 5.75 Å². The van der Waals surface area contributed by atoms with E-state index in [0.29, 0.717) is 6.61 Å². The van der Waals surface area contributed by atoms with Crippen LogP contribution in [0.4, 0.5) is 0 Å². The van der Waals surface area contributed by atoms with Crippen molar-refractivity contribution in [1.29, 1.82) is 0 Å². The smallest absolute Gasteiger partial charge is 0.251 e. The Bertz CT molecular complexity index is 1080. The van der Waals surface area contributed by atoms with Crippen LogP contribution in [-0.2, 0) is 16.0 Å². The summed E-state index contributed by atoms with van der Waals surface area (Å²) in [7, 11) is 0. The van der Waals surface area contributed by atoms with Crippen LogP contribution in [0.3, 0.4) is 0 Å². The minimum Gasteiger partial charge on any atom is -0.490 e. The Labute approximate surface area is 189 Å². The number of rotatable bonds is 5. The third kappa shape index (κ3) is 4.35. The number of hydrogen-bond donors (Lipinski definition) is 0. The zero-order valence-corrected chi connectivity index (χ0v) is 18.6. The first-order valence-electron chi connectivity index (χ1n) is 11.8. The highest BCUT2D eigenvalue weighted by Gasteiger charge is 2.31. The molecule has 1 aromatic heterocycles. The number of hydrogen-bond acceptors (Lipinski definition) is 4. The molecule has 2 fully saturated rings. The largest absolute Gasteiger partial charge is 0.490 e. The van der Waals surface area contributed by atoms with E-state index in [0.717, 1.165) is 56.6 Å². The molecule has 0 radical (unpaired) electrons. The molecule has 1 amide bonds. The number of aromatic nitrogens is 1. The van der Waals surface area contributed by atoms with Crippen molar-refractivity contribution in [3.63, 3.8) is 0 Å². The molecule has 0 N–H and O–H groups in total. The second kappa shape index (κ2) is 9.29. The fourth-order valence-corrected chi connectivity index (χ4v) is 4.79. The number of nitrogens with zero attached hydrogens (tertiary/aromatic N) is 2. The third-order valence-electron chi connectivity index (χ3n) is 6.63. The Kier molecular flexibility index (Phi) is 6.08. The molecule has 2 aliphatic heterocycles. The Morgan fingerprint density at radius 2 is 1.84 bits per heavy atom. The van der Waals surface area contributed by atoms with E-state index in [2.05, 4.69) is 48.3 Å². The molecule has 1 atom stereocenters. The number of ether oxygens (including phenoxy) is 2. The fourth-order valence-electron chi connectivity index (χ4n) is 4.79. The molecule has 3 heterocycles. The van der Waals surface area contributed by atoms with E-state index in [-0.39, 0.29) is 18.1 Å². The number of piperidine rings is 1. The monoisotopic (exact) mass is 430 g/mol. The first-order chi connectivity index (χ1) is 15.7. The molecule has 0 bridgehead atoms. The molecule has 2 aliphatic rings. The molecule has 5 rings (SSSR count). The minimum absolute atomic E-state index is 0.148. The van der Waals surface area contributed by atoms with Gasteiger partial charge in [-0.15, -0.1) is 0 Å². The minimum atomic E-state index is -0.222. The molecule has 0 aliphatic carbocycles. The van der Waals surface area contributed by atoms with Crippen LogP contribution in [0.15, 0.2) is 54.7 Å². The first-order valence-corrected chi connectivity index (χ1v) is 11.8. The van der Waals surface area contributed by atoms with Crippen LogP contribution in [-0.4, -0.2) is 47.7 Å². The van der Waals surface area contributed by atoms with Gasteiger partial charge in [-0.3, -0.25) is 9.78 Å². The fraction of sp³-hybridized carbons (Fsp3) is 0.407. The second-order valence-corrected chi connectivity index (χ2v) is 8.72. The Balaban J connectivity index is 1.20. The molecule has 5 nitrogen and oxygen atoms in total. The zero-order chi connectivity index (χ0) is 21.9. The van der Waals surface area contributed by atoms with Crippen LogP contribution < -0.4 is 4.74 Å². The van der Waals surface area contributed by atoms with Crippen molar-refractivity contribution in [2.75, 3.05) is 19.7 Å². The first kappa shape index (κ1) is 21.0. The van der Waals surface area contributed by atoms with E-state index in [9.17, 15) is 4.79 Å². The van der Waals surface area contributed by atoms with Crippen molar-refractivity contribution in [1.82, 2.24) is 9.88 Å². The van der Waals surface area contributed by atoms with Crippen molar-refractivity contribution >= 4 is 16.7 Å². The van der Waals surface area contributed by atoms with Crippen molar-refractivity contribution in [2.24, 2.45) is 0 Å². The van der Waals surface area contributed by atoms with E-state index in [4.69, 9.17) is 9.47 Å². The van der Waals surface area contributed by atoms with Crippen LogP contribution in [0, 0.1) is 0 Å². The summed E-state index contributed by atoms with van der Waals surface area (Å²) in [5.74, 6) is 1.04. The standard InChI is InChI=1S/C27H30N2O3/c1-2-25-24-10-7-20(18-21(24)11-14-28-25)19-5-8-22(9-6-19)32-23-12-15-29(16-13-23)27(30)26-4-3-17-31-26/h5-11,14,18,23,26H,2-4,12-13,15-17H2,1H3/t26-/m1/s1. The number of carbonyl (C=O) groups excluding carboxylic acids is 1.